The van der Waals surface area contributed by atoms with Crippen molar-refractivity contribution in [2.24, 2.45) is 0 Å². The SMILES string of the molecule is CC1CCc2ccccc2N1C(=O)COC1CCNCC1. The third-order valence-electron chi connectivity index (χ3n) is 4.52. The van der Waals surface area contributed by atoms with Gasteiger partial charge in [0, 0.05) is 11.7 Å². The second kappa shape index (κ2) is 6.58. The standard InChI is InChI=1S/C17H24N2O2/c1-13-6-7-14-4-2-3-5-16(14)19(13)17(20)12-21-15-8-10-18-11-9-15/h2-5,13,15,18H,6-12H2,1H3. The van der Waals surface area contributed by atoms with Crippen LogP contribution in [0, 0.1) is 0 Å². The van der Waals surface area contributed by atoms with Gasteiger partial charge in [-0.2, -0.15) is 0 Å². The smallest absolute Gasteiger partial charge is 0.253 e. The lowest BCUT2D eigenvalue weighted by Crippen LogP contribution is -2.45. The van der Waals surface area contributed by atoms with Crippen LogP contribution in [0.15, 0.2) is 24.3 Å². The Balaban J connectivity index is 1.66. The first kappa shape index (κ1) is 14.5. The van der Waals surface area contributed by atoms with Gasteiger partial charge in [0.15, 0.2) is 0 Å². The fraction of sp³-hybridized carbons (Fsp3) is 0.588. The van der Waals surface area contributed by atoms with E-state index in [0.717, 1.165) is 44.5 Å². The summed E-state index contributed by atoms with van der Waals surface area (Å²) in [5, 5.41) is 3.31. The van der Waals surface area contributed by atoms with Crippen molar-refractivity contribution < 1.29 is 9.53 Å². The Labute approximate surface area is 126 Å². The van der Waals surface area contributed by atoms with Crippen LogP contribution in [0.2, 0.25) is 0 Å². The van der Waals surface area contributed by atoms with E-state index in [-0.39, 0.29) is 24.7 Å². The van der Waals surface area contributed by atoms with Gasteiger partial charge in [-0.15, -0.1) is 0 Å². The number of nitrogens with zero attached hydrogens (tertiary/aromatic N) is 1. The molecule has 1 amide bonds. The number of benzene rings is 1. The first-order valence-electron chi connectivity index (χ1n) is 7.98. The average Bonchev–Trinajstić information content (AvgIpc) is 2.53. The predicted molar refractivity (Wildman–Crippen MR) is 83.6 cm³/mol. The van der Waals surface area contributed by atoms with Crippen molar-refractivity contribution in [1.82, 2.24) is 5.32 Å². The van der Waals surface area contributed by atoms with Crippen molar-refractivity contribution in [3.05, 3.63) is 29.8 Å². The molecule has 1 saturated heterocycles. The molecule has 0 radical (unpaired) electrons. The number of carbonyl (C=O) groups is 1. The summed E-state index contributed by atoms with van der Waals surface area (Å²) >= 11 is 0. The van der Waals surface area contributed by atoms with Crippen molar-refractivity contribution in [1.29, 1.82) is 0 Å². The third kappa shape index (κ3) is 3.27. The van der Waals surface area contributed by atoms with Crippen molar-refractivity contribution in [2.45, 2.75) is 44.8 Å². The van der Waals surface area contributed by atoms with Crippen LogP contribution in [0.1, 0.15) is 31.7 Å². The Morgan fingerprint density at radius 2 is 2.05 bits per heavy atom. The Morgan fingerprint density at radius 1 is 1.29 bits per heavy atom. The van der Waals surface area contributed by atoms with E-state index < -0.39 is 0 Å². The van der Waals surface area contributed by atoms with E-state index in [4.69, 9.17) is 4.74 Å². The van der Waals surface area contributed by atoms with E-state index >= 15 is 0 Å². The minimum Gasteiger partial charge on any atom is -0.368 e. The molecule has 0 aliphatic carbocycles. The van der Waals surface area contributed by atoms with Crippen molar-refractivity contribution in [2.75, 3.05) is 24.6 Å². The number of ether oxygens (including phenoxy) is 1. The fourth-order valence-electron chi connectivity index (χ4n) is 3.29. The van der Waals surface area contributed by atoms with Gasteiger partial charge in [0.2, 0.25) is 0 Å². The second-order valence-corrected chi connectivity index (χ2v) is 6.04. The molecule has 1 N–H and O–H groups in total. The summed E-state index contributed by atoms with van der Waals surface area (Å²) in [5.74, 6) is 0.0909. The zero-order chi connectivity index (χ0) is 14.7. The molecule has 1 atom stereocenters. The summed E-state index contributed by atoms with van der Waals surface area (Å²) in [7, 11) is 0. The number of hydrogen-bond acceptors (Lipinski definition) is 3. The monoisotopic (exact) mass is 288 g/mol. The fourth-order valence-corrected chi connectivity index (χ4v) is 3.29. The lowest BCUT2D eigenvalue weighted by atomic mass is 9.96. The minimum absolute atomic E-state index is 0.0909. The van der Waals surface area contributed by atoms with Gasteiger partial charge in [-0.1, -0.05) is 18.2 Å². The van der Waals surface area contributed by atoms with Crippen LogP contribution in [0.25, 0.3) is 0 Å². The number of anilines is 1. The molecule has 2 aliphatic heterocycles. The zero-order valence-corrected chi connectivity index (χ0v) is 12.7. The van der Waals surface area contributed by atoms with E-state index in [9.17, 15) is 4.79 Å². The minimum atomic E-state index is 0.0909. The molecule has 4 nitrogen and oxygen atoms in total. The predicted octanol–water partition coefficient (Wildman–Crippen LogP) is 2.12. The van der Waals surface area contributed by atoms with Crippen LogP contribution in [-0.4, -0.2) is 37.7 Å². The first-order chi connectivity index (χ1) is 10.3. The molecule has 2 aliphatic rings. The molecule has 3 rings (SSSR count). The van der Waals surface area contributed by atoms with E-state index in [1.807, 2.05) is 23.1 Å². The third-order valence-corrected chi connectivity index (χ3v) is 4.52. The van der Waals surface area contributed by atoms with Crippen LogP contribution in [-0.2, 0) is 16.0 Å². The lowest BCUT2D eigenvalue weighted by molar-refractivity contribution is -0.126. The van der Waals surface area contributed by atoms with Gasteiger partial charge in [-0.25, -0.2) is 0 Å². The number of carbonyl (C=O) groups excluding carboxylic acids is 1. The van der Waals surface area contributed by atoms with Gasteiger partial charge >= 0.3 is 0 Å². The number of piperidine rings is 1. The number of aryl methyl sites for hydroxylation is 1. The van der Waals surface area contributed by atoms with E-state index in [1.54, 1.807) is 0 Å². The lowest BCUT2D eigenvalue weighted by Gasteiger charge is -2.35. The summed E-state index contributed by atoms with van der Waals surface area (Å²) < 4.78 is 5.83. The summed E-state index contributed by atoms with van der Waals surface area (Å²) in [5.41, 5.74) is 2.33. The highest BCUT2D eigenvalue weighted by atomic mass is 16.5. The molecule has 1 aromatic rings. The molecule has 0 bridgehead atoms. The topological polar surface area (TPSA) is 41.6 Å². The molecule has 0 aromatic heterocycles. The maximum atomic E-state index is 12.6. The molecule has 4 heteroatoms. The van der Waals surface area contributed by atoms with Gasteiger partial charge in [-0.05, 0) is 57.3 Å². The first-order valence-corrected chi connectivity index (χ1v) is 7.98. The molecule has 21 heavy (non-hydrogen) atoms. The largest absolute Gasteiger partial charge is 0.368 e. The van der Waals surface area contributed by atoms with Crippen LogP contribution < -0.4 is 10.2 Å². The van der Waals surface area contributed by atoms with E-state index in [1.165, 1.54) is 5.56 Å². The molecule has 1 unspecified atom stereocenters. The highest BCUT2D eigenvalue weighted by molar-refractivity contribution is 5.96. The van der Waals surface area contributed by atoms with E-state index in [2.05, 4.69) is 18.3 Å². The van der Waals surface area contributed by atoms with Gasteiger partial charge in [0.05, 0.1) is 6.10 Å². The normalized spacial score (nSPS) is 22.9. The zero-order valence-electron chi connectivity index (χ0n) is 12.7. The van der Waals surface area contributed by atoms with Gasteiger partial charge in [-0.3, -0.25) is 4.79 Å². The van der Waals surface area contributed by atoms with Gasteiger partial charge in [0.1, 0.15) is 6.61 Å². The van der Waals surface area contributed by atoms with Crippen LogP contribution >= 0.6 is 0 Å². The Morgan fingerprint density at radius 3 is 2.86 bits per heavy atom. The molecule has 0 saturated carbocycles. The molecule has 1 fully saturated rings. The number of para-hydroxylation sites is 1. The summed E-state index contributed by atoms with van der Waals surface area (Å²) in [4.78, 5) is 14.5. The number of amides is 1. The van der Waals surface area contributed by atoms with Gasteiger partial charge in [0.25, 0.3) is 5.91 Å². The highest BCUT2D eigenvalue weighted by Gasteiger charge is 2.28. The quantitative estimate of drug-likeness (QED) is 0.926. The molecule has 1 aromatic carbocycles. The average molecular weight is 288 g/mol. The molecule has 114 valence electrons. The highest BCUT2D eigenvalue weighted by Crippen LogP contribution is 2.30. The maximum absolute atomic E-state index is 12.6. The molecular weight excluding hydrogens is 264 g/mol. The Kier molecular flexibility index (Phi) is 4.56. The molecular formula is C17H24N2O2. The number of fused-ring (bicyclic) bond motifs is 1. The number of nitrogens with one attached hydrogen (secondary N) is 1. The van der Waals surface area contributed by atoms with Crippen molar-refractivity contribution >= 4 is 11.6 Å². The Hall–Kier alpha value is -1.39. The van der Waals surface area contributed by atoms with Crippen molar-refractivity contribution in [3.63, 3.8) is 0 Å². The van der Waals surface area contributed by atoms with Crippen LogP contribution in [0.4, 0.5) is 5.69 Å². The number of hydrogen-bond donors (Lipinski definition) is 1. The Bertz CT molecular complexity index is 497. The van der Waals surface area contributed by atoms with Crippen molar-refractivity contribution in [3.8, 4) is 0 Å². The van der Waals surface area contributed by atoms with Gasteiger partial charge < -0.3 is 15.0 Å². The maximum Gasteiger partial charge on any atom is 0.253 e. The van der Waals surface area contributed by atoms with E-state index in [0.29, 0.717) is 0 Å². The second-order valence-electron chi connectivity index (χ2n) is 6.04. The summed E-state index contributed by atoms with van der Waals surface area (Å²) in [6.45, 7) is 4.30. The van der Waals surface area contributed by atoms with Crippen LogP contribution in [0.3, 0.4) is 0 Å². The molecule has 0 spiro atoms. The molecule has 2 heterocycles. The van der Waals surface area contributed by atoms with Crippen LogP contribution in [0.5, 0.6) is 0 Å². The summed E-state index contributed by atoms with van der Waals surface area (Å²) in [6.07, 6.45) is 4.30. The number of rotatable bonds is 3. The summed E-state index contributed by atoms with van der Waals surface area (Å²) in [6, 6.07) is 8.47.